The van der Waals surface area contributed by atoms with E-state index < -0.39 is 0 Å². The van der Waals surface area contributed by atoms with Gasteiger partial charge >= 0.3 is 0 Å². The molecule has 1 nitrogen and oxygen atoms in total. The molecular formula is C13H10O. The van der Waals surface area contributed by atoms with Crippen molar-refractivity contribution in [2.75, 3.05) is 0 Å². The summed E-state index contributed by atoms with van der Waals surface area (Å²) >= 11 is 0. The van der Waals surface area contributed by atoms with Gasteiger partial charge in [0.05, 0.1) is 5.92 Å². The average molecular weight is 182 g/mol. The zero-order chi connectivity index (χ0) is 9.54. The Morgan fingerprint density at radius 2 is 1.36 bits per heavy atom. The van der Waals surface area contributed by atoms with Crippen molar-refractivity contribution >= 4 is 5.78 Å². The summed E-state index contributed by atoms with van der Waals surface area (Å²) < 4.78 is 0. The Morgan fingerprint density at radius 3 is 2.00 bits per heavy atom. The molecular weight excluding hydrogens is 172 g/mol. The van der Waals surface area contributed by atoms with Crippen molar-refractivity contribution in [2.24, 2.45) is 5.92 Å². The number of allylic oxidation sites excluding steroid dienone is 4. The molecule has 5 aliphatic carbocycles. The van der Waals surface area contributed by atoms with Crippen LogP contribution in [-0.4, -0.2) is 5.78 Å². The maximum atomic E-state index is 11.9. The molecule has 68 valence electrons. The summed E-state index contributed by atoms with van der Waals surface area (Å²) in [5, 5.41) is 0. The van der Waals surface area contributed by atoms with E-state index in [4.69, 9.17) is 0 Å². The summed E-state index contributed by atoms with van der Waals surface area (Å²) in [6.07, 6.45) is 8.24. The minimum atomic E-state index is -0.0481. The second kappa shape index (κ2) is 2.68. The van der Waals surface area contributed by atoms with Gasteiger partial charge in [-0.25, -0.2) is 0 Å². The van der Waals surface area contributed by atoms with E-state index in [0.29, 0.717) is 5.92 Å². The monoisotopic (exact) mass is 182 g/mol. The molecule has 5 aliphatic rings. The third kappa shape index (κ3) is 0.987. The number of carbonyl (C=O) groups excluding carboxylic acids is 1. The Balaban J connectivity index is 2.27. The predicted octanol–water partition coefficient (Wildman–Crippen LogP) is 2.71. The van der Waals surface area contributed by atoms with Crippen LogP contribution in [-0.2, 0) is 0 Å². The van der Waals surface area contributed by atoms with Crippen molar-refractivity contribution in [3.63, 3.8) is 0 Å². The van der Waals surface area contributed by atoms with E-state index >= 15 is 0 Å². The van der Waals surface area contributed by atoms with E-state index in [2.05, 4.69) is 12.2 Å². The van der Waals surface area contributed by atoms with E-state index in [1.54, 1.807) is 0 Å². The molecule has 6 rings (SSSR count). The molecule has 0 fully saturated rings. The largest absolute Gasteiger partial charge is 0.293 e. The first kappa shape index (κ1) is 7.74. The van der Waals surface area contributed by atoms with E-state index in [1.165, 1.54) is 5.56 Å². The van der Waals surface area contributed by atoms with Crippen molar-refractivity contribution in [2.45, 2.75) is 5.92 Å². The van der Waals surface area contributed by atoms with Gasteiger partial charge in [0, 0.05) is 11.5 Å². The summed E-state index contributed by atoms with van der Waals surface area (Å²) in [7, 11) is 0. The Hall–Kier alpha value is -1.63. The minimum Gasteiger partial charge on any atom is -0.293 e. The first-order valence-corrected chi connectivity index (χ1v) is 4.85. The molecule has 0 saturated heterocycles. The van der Waals surface area contributed by atoms with Gasteiger partial charge in [-0.15, -0.1) is 0 Å². The SMILES string of the molecule is O=C1c2ccc(cc2)C2C=CC1C=C2. The molecule has 0 N–H and O–H groups in total. The zero-order valence-corrected chi connectivity index (χ0v) is 7.68. The van der Waals surface area contributed by atoms with Gasteiger partial charge in [0.2, 0.25) is 0 Å². The molecule has 0 amide bonds. The maximum Gasteiger partial charge on any atom is 0.173 e. The zero-order valence-electron chi connectivity index (χ0n) is 7.68. The number of hydrogen-bond donors (Lipinski definition) is 0. The van der Waals surface area contributed by atoms with Crippen LogP contribution >= 0.6 is 0 Å². The molecule has 0 unspecified atom stereocenters. The van der Waals surface area contributed by atoms with Crippen LogP contribution in [0.4, 0.5) is 0 Å². The highest BCUT2D eigenvalue weighted by molar-refractivity contribution is 6.00. The van der Waals surface area contributed by atoms with Crippen molar-refractivity contribution < 1.29 is 4.79 Å². The van der Waals surface area contributed by atoms with Crippen LogP contribution in [0.15, 0.2) is 48.6 Å². The highest BCUT2D eigenvalue weighted by atomic mass is 16.1. The first-order valence-electron chi connectivity index (χ1n) is 4.85. The standard InChI is InChI=1S/C13H10O/c14-13-11-5-1-9(2-6-11)10-3-7-12(13)8-4-10/h1-9,11H. The smallest absolute Gasteiger partial charge is 0.173 e. The second-order valence-corrected chi connectivity index (χ2v) is 3.81. The van der Waals surface area contributed by atoms with Gasteiger partial charge < -0.3 is 0 Å². The van der Waals surface area contributed by atoms with Crippen LogP contribution in [0.3, 0.4) is 0 Å². The number of Topliss-reactive ketones (excluding diaryl/α,β-unsaturated/α-hetero) is 1. The highest BCUT2D eigenvalue weighted by Crippen LogP contribution is 2.29. The van der Waals surface area contributed by atoms with Crippen LogP contribution in [0, 0.1) is 5.92 Å². The van der Waals surface area contributed by atoms with Crippen molar-refractivity contribution in [3.05, 3.63) is 59.7 Å². The van der Waals surface area contributed by atoms with Crippen molar-refractivity contribution in [3.8, 4) is 0 Å². The second-order valence-electron chi connectivity index (χ2n) is 3.81. The molecule has 1 aromatic carbocycles. The molecule has 14 heavy (non-hydrogen) atoms. The minimum absolute atomic E-state index is 0.0481. The maximum absolute atomic E-state index is 11.9. The third-order valence-corrected chi connectivity index (χ3v) is 2.93. The Labute approximate surface area is 82.8 Å². The van der Waals surface area contributed by atoms with E-state index in [-0.39, 0.29) is 11.7 Å². The average Bonchev–Trinajstić information content (AvgIpc) is 2.42. The fourth-order valence-electron chi connectivity index (χ4n) is 2.07. The third-order valence-electron chi connectivity index (χ3n) is 2.93. The molecule has 0 aliphatic heterocycles. The summed E-state index contributed by atoms with van der Waals surface area (Å²) in [4.78, 5) is 11.9. The lowest BCUT2D eigenvalue weighted by atomic mass is 9.91. The molecule has 0 atom stereocenters. The van der Waals surface area contributed by atoms with E-state index in [0.717, 1.165) is 5.56 Å². The van der Waals surface area contributed by atoms with Crippen LogP contribution < -0.4 is 0 Å². The number of carbonyl (C=O) groups is 1. The number of rotatable bonds is 0. The lowest BCUT2D eigenvalue weighted by molar-refractivity contribution is 0.0964. The predicted molar refractivity (Wildman–Crippen MR) is 55.3 cm³/mol. The summed E-state index contributed by atoms with van der Waals surface area (Å²) in [5.41, 5.74) is 2.07. The Kier molecular flexibility index (Phi) is 1.48. The lowest BCUT2D eigenvalue weighted by Gasteiger charge is -2.12. The van der Waals surface area contributed by atoms with Gasteiger partial charge in [0.15, 0.2) is 5.78 Å². The molecule has 1 aromatic rings. The Bertz CT molecular complexity index is 423. The normalized spacial score (nSPS) is 27.6. The summed E-state index contributed by atoms with van der Waals surface area (Å²) in [5.74, 6) is 0.503. The number of benzene rings is 1. The van der Waals surface area contributed by atoms with E-state index in [1.807, 2.05) is 36.4 Å². The quantitative estimate of drug-likeness (QED) is 0.564. The summed E-state index contributed by atoms with van der Waals surface area (Å²) in [6.45, 7) is 0. The fourth-order valence-corrected chi connectivity index (χ4v) is 2.07. The lowest BCUT2D eigenvalue weighted by Crippen LogP contribution is -2.10. The van der Waals surface area contributed by atoms with Crippen molar-refractivity contribution in [1.29, 1.82) is 0 Å². The first-order chi connectivity index (χ1) is 6.84. The molecule has 0 heterocycles. The fraction of sp³-hybridized carbons (Fsp3) is 0.154. The topological polar surface area (TPSA) is 17.1 Å². The van der Waals surface area contributed by atoms with Crippen LogP contribution in [0.1, 0.15) is 21.8 Å². The van der Waals surface area contributed by atoms with Crippen LogP contribution in [0.2, 0.25) is 0 Å². The summed E-state index contributed by atoms with van der Waals surface area (Å²) in [6, 6.07) is 7.94. The molecule has 0 spiro atoms. The number of ketones is 1. The van der Waals surface area contributed by atoms with Gasteiger partial charge in [0.25, 0.3) is 0 Å². The highest BCUT2D eigenvalue weighted by Gasteiger charge is 2.21. The number of hydrogen-bond acceptors (Lipinski definition) is 1. The van der Waals surface area contributed by atoms with Gasteiger partial charge in [-0.05, 0) is 5.56 Å². The van der Waals surface area contributed by atoms with Gasteiger partial charge in [-0.1, -0.05) is 48.6 Å². The molecule has 0 saturated carbocycles. The molecule has 0 aromatic heterocycles. The van der Waals surface area contributed by atoms with Gasteiger partial charge in [-0.3, -0.25) is 4.79 Å². The molecule has 1 heteroatoms. The Morgan fingerprint density at radius 1 is 0.786 bits per heavy atom. The van der Waals surface area contributed by atoms with Gasteiger partial charge in [0.1, 0.15) is 0 Å². The van der Waals surface area contributed by atoms with Crippen LogP contribution in [0.5, 0.6) is 0 Å². The van der Waals surface area contributed by atoms with E-state index in [9.17, 15) is 4.79 Å². The molecule has 0 radical (unpaired) electrons. The van der Waals surface area contributed by atoms with Crippen molar-refractivity contribution in [1.82, 2.24) is 0 Å². The van der Waals surface area contributed by atoms with Crippen LogP contribution in [0.25, 0.3) is 0 Å². The van der Waals surface area contributed by atoms with Gasteiger partial charge in [-0.2, -0.15) is 0 Å². The molecule has 4 bridgehead atoms.